The van der Waals surface area contributed by atoms with E-state index in [1.165, 1.54) is 0 Å². The smallest absolute Gasteiger partial charge is 0.225 e. The van der Waals surface area contributed by atoms with E-state index in [9.17, 15) is 4.79 Å². The SMILES string of the molecule is CCNC(=NCc1ccc(C#N)cc1)NC1CCN(C(=O)C(C)C)CC1. The lowest BCUT2D eigenvalue weighted by Gasteiger charge is -2.34. The molecular weight excluding hydrogens is 326 g/mol. The van der Waals surface area contributed by atoms with Crippen molar-refractivity contribution in [1.82, 2.24) is 15.5 Å². The van der Waals surface area contributed by atoms with Crippen molar-refractivity contribution in [3.05, 3.63) is 35.4 Å². The van der Waals surface area contributed by atoms with Gasteiger partial charge in [0.25, 0.3) is 0 Å². The summed E-state index contributed by atoms with van der Waals surface area (Å²) in [5.74, 6) is 1.10. The van der Waals surface area contributed by atoms with Crippen molar-refractivity contribution in [2.75, 3.05) is 19.6 Å². The van der Waals surface area contributed by atoms with Crippen molar-refractivity contribution < 1.29 is 4.79 Å². The van der Waals surface area contributed by atoms with E-state index in [4.69, 9.17) is 5.26 Å². The van der Waals surface area contributed by atoms with E-state index in [1.54, 1.807) is 0 Å². The molecule has 1 aromatic rings. The van der Waals surface area contributed by atoms with Crippen molar-refractivity contribution in [2.24, 2.45) is 10.9 Å². The van der Waals surface area contributed by atoms with Gasteiger partial charge in [0.15, 0.2) is 5.96 Å². The highest BCUT2D eigenvalue weighted by Gasteiger charge is 2.24. The Hall–Kier alpha value is -2.55. The van der Waals surface area contributed by atoms with Gasteiger partial charge in [0.1, 0.15) is 0 Å². The number of hydrogen-bond donors (Lipinski definition) is 2. The normalized spacial score (nSPS) is 15.7. The third-order valence-electron chi connectivity index (χ3n) is 4.49. The van der Waals surface area contributed by atoms with Gasteiger partial charge in [-0.05, 0) is 37.5 Å². The quantitative estimate of drug-likeness (QED) is 0.627. The summed E-state index contributed by atoms with van der Waals surface area (Å²) in [4.78, 5) is 18.7. The molecule has 140 valence electrons. The number of amides is 1. The first kappa shape index (κ1) is 19.8. The van der Waals surface area contributed by atoms with Crippen LogP contribution in [0, 0.1) is 17.2 Å². The number of benzene rings is 1. The molecular formula is C20H29N5O. The summed E-state index contributed by atoms with van der Waals surface area (Å²) in [5.41, 5.74) is 1.73. The molecule has 0 aliphatic carbocycles. The summed E-state index contributed by atoms with van der Waals surface area (Å²) >= 11 is 0. The molecule has 2 N–H and O–H groups in total. The second-order valence-corrected chi connectivity index (χ2v) is 6.90. The second kappa shape index (κ2) is 9.81. The van der Waals surface area contributed by atoms with Gasteiger partial charge in [-0.25, -0.2) is 4.99 Å². The largest absolute Gasteiger partial charge is 0.357 e. The van der Waals surface area contributed by atoms with Crippen molar-refractivity contribution in [3.8, 4) is 6.07 Å². The summed E-state index contributed by atoms with van der Waals surface area (Å²) in [6.07, 6.45) is 1.86. The van der Waals surface area contributed by atoms with Crippen LogP contribution in [0.25, 0.3) is 0 Å². The molecule has 1 amide bonds. The lowest BCUT2D eigenvalue weighted by Crippen LogP contribution is -2.50. The van der Waals surface area contributed by atoms with Gasteiger partial charge in [0, 0.05) is 31.6 Å². The van der Waals surface area contributed by atoms with E-state index < -0.39 is 0 Å². The van der Waals surface area contributed by atoms with Gasteiger partial charge in [0.2, 0.25) is 5.91 Å². The Bertz CT molecular complexity index is 652. The molecule has 6 heteroatoms. The first-order chi connectivity index (χ1) is 12.5. The lowest BCUT2D eigenvalue weighted by atomic mass is 10.0. The summed E-state index contributed by atoms with van der Waals surface area (Å²) in [7, 11) is 0. The zero-order valence-corrected chi connectivity index (χ0v) is 16.0. The van der Waals surface area contributed by atoms with Crippen LogP contribution < -0.4 is 10.6 Å². The van der Waals surface area contributed by atoms with Gasteiger partial charge in [0.05, 0.1) is 18.2 Å². The minimum Gasteiger partial charge on any atom is -0.357 e. The number of nitrogens with one attached hydrogen (secondary N) is 2. The van der Waals surface area contributed by atoms with Gasteiger partial charge in [-0.3, -0.25) is 4.79 Å². The molecule has 6 nitrogen and oxygen atoms in total. The Morgan fingerprint density at radius 1 is 1.31 bits per heavy atom. The molecule has 26 heavy (non-hydrogen) atoms. The fraction of sp³-hybridized carbons (Fsp3) is 0.550. The number of carbonyl (C=O) groups is 1. The number of nitriles is 1. The van der Waals surface area contributed by atoms with Crippen molar-refractivity contribution in [1.29, 1.82) is 5.26 Å². The molecule has 0 radical (unpaired) electrons. The molecule has 0 spiro atoms. The highest BCUT2D eigenvalue weighted by Crippen LogP contribution is 2.13. The maximum absolute atomic E-state index is 12.1. The van der Waals surface area contributed by atoms with Gasteiger partial charge < -0.3 is 15.5 Å². The Kier molecular flexibility index (Phi) is 7.46. The molecule has 1 aliphatic heterocycles. The maximum Gasteiger partial charge on any atom is 0.225 e. The summed E-state index contributed by atoms with van der Waals surface area (Å²) < 4.78 is 0. The highest BCUT2D eigenvalue weighted by molar-refractivity contribution is 5.80. The molecule has 1 fully saturated rings. The standard InChI is InChI=1S/C20H29N5O/c1-4-22-20(23-14-17-7-5-16(13-21)6-8-17)24-18-9-11-25(12-10-18)19(26)15(2)3/h5-8,15,18H,4,9-12,14H2,1-3H3,(H2,22,23,24). The van der Waals surface area contributed by atoms with E-state index in [2.05, 4.69) is 21.7 Å². The molecule has 0 saturated carbocycles. The van der Waals surface area contributed by atoms with Crippen molar-refractivity contribution in [3.63, 3.8) is 0 Å². The van der Waals surface area contributed by atoms with E-state index in [1.807, 2.05) is 49.9 Å². The zero-order chi connectivity index (χ0) is 18.9. The number of aliphatic imine (C=N–C) groups is 1. The number of nitrogens with zero attached hydrogens (tertiary/aromatic N) is 3. The Balaban J connectivity index is 1.89. The molecule has 0 unspecified atom stereocenters. The minimum atomic E-state index is 0.0609. The van der Waals surface area contributed by atoms with Crippen LogP contribution in [0.3, 0.4) is 0 Å². The first-order valence-corrected chi connectivity index (χ1v) is 9.36. The monoisotopic (exact) mass is 355 g/mol. The highest BCUT2D eigenvalue weighted by atomic mass is 16.2. The van der Waals surface area contributed by atoms with Crippen LogP contribution in [-0.4, -0.2) is 42.4 Å². The van der Waals surface area contributed by atoms with Gasteiger partial charge in [-0.15, -0.1) is 0 Å². The van der Waals surface area contributed by atoms with Crippen LogP contribution >= 0.6 is 0 Å². The maximum atomic E-state index is 12.1. The number of guanidine groups is 1. The van der Waals surface area contributed by atoms with Crippen LogP contribution in [0.4, 0.5) is 0 Å². The fourth-order valence-electron chi connectivity index (χ4n) is 2.98. The van der Waals surface area contributed by atoms with E-state index >= 15 is 0 Å². The van der Waals surface area contributed by atoms with Crippen LogP contribution in [0.1, 0.15) is 44.7 Å². The van der Waals surface area contributed by atoms with Gasteiger partial charge in [-0.2, -0.15) is 5.26 Å². The third kappa shape index (κ3) is 5.76. The lowest BCUT2D eigenvalue weighted by molar-refractivity contribution is -0.135. The number of hydrogen-bond acceptors (Lipinski definition) is 3. The zero-order valence-electron chi connectivity index (χ0n) is 16.0. The molecule has 1 saturated heterocycles. The van der Waals surface area contributed by atoms with Crippen LogP contribution in [0.15, 0.2) is 29.3 Å². The van der Waals surface area contributed by atoms with Crippen molar-refractivity contribution >= 4 is 11.9 Å². The minimum absolute atomic E-state index is 0.0609. The molecule has 0 atom stereocenters. The Morgan fingerprint density at radius 2 is 1.96 bits per heavy atom. The summed E-state index contributed by atoms with van der Waals surface area (Å²) in [6, 6.07) is 9.94. The molecule has 1 heterocycles. The number of likely N-dealkylation sites (tertiary alicyclic amines) is 1. The first-order valence-electron chi connectivity index (χ1n) is 9.36. The average Bonchev–Trinajstić information content (AvgIpc) is 2.66. The van der Waals surface area contributed by atoms with Crippen molar-refractivity contribution in [2.45, 2.75) is 46.2 Å². The van der Waals surface area contributed by atoms with Crippen LogP contribution in [0.5, 0.6) is 0 Å². The van der Waals surface area contributed by atoms with Gasteiger partial charge >= 0.3 is 0 Å². The fourth-order valence-corrected chi connectivity index (χ4v) is 2.98. The summed E-state index contributed by atoms with van der Waals surface area (Å²) in [6.45, 7) is 8.89. The Labute approximate surface area is 156 Å². The topological polar surface area (TPSA) is 80.5 Å². The summed E-state index contributed by atoms with van der Waals surface area (Å²) in [5, 5.41) is 15.6. The molecule has 1 aromatic carbocycles. The van der Waals surface area contributed by atoms with Crippen LogP contribution in [-0.2, 0) is 11.3 Å². The van der Waals surface area contributed by atoms with Gasteiger partial charge in [-0.1, -0.05) is 26.0 Å². The molecule has 2 rings (SSSR count). The predicted octanol–water partition coefficient (Wildman–Crippen LogP) is 2.26. The van der Waals surface area contributed by atoms with Crippen LogP contribution in [0.2, 0.25) is 0 Å². The molecule has 1 aliphatic rings. The van der Waals surface area contributed by atoms with E-state index in [-0.39, 0.29) is 11.8 Å². The third-order valence-corrected chi connectivity index (χ3v) is 4.49. The number of carbonyl (C=O) groups excluding carboxylic acids is 1. The van der Waals surface area contributed by atoms with E-state index in [0.717, 1.165) is 44.0 Å². The predicted molar refractivity (Wildman–Crippen MR) is 104 cm³/mol. The second-order valence-electron chi connectivity index (χ2n) is 6.90. The molecule has 0 bridgehead atoms. The number of rotatable bonds is 5. The van der Waals surface area contributed by atoms with E-state index in [0.29, 0.717) is 18.2 Å². The number of piperidine rings is 1. The average molecular weight is 355 g/mol. The Morgan fingerprint density at radius 3 is 2.50 bits per heavy atom. The molecule has 0 aromatic heterocycles.